The van der Waals surface area contributed by atoms with Crippen LogP contribution in [0.3, 0.4) is 0 Å². The second kappa shape index (κ2) is 19.8. The topological polar surface area (TPSA) is 192 Å². The maximum atomic E-state index is 14.0. The molecule has 0 bridgehead atoms. The lowest BCUT2D eigenvalue weighted by Gasteiger charge is -2.30. The van der Waals surface area contributed by atoms with E-state index in [4.69, 9.17) is 9.47 Å². The van der Waals surface area contributed by atoms with Crippen LogP contribution in [0.5, 0.6) is 5.75 Å². The summed E-state index contributed by atoms with van der Waals surface area (Å²) in [5.41, 5.74) is 0.649. The van der Waals surface area contributed by atoms with Crippen molar-refractivity contribution in [3.8, 4) is 5.75 Å². The molecule has 5 N–H and O–H groups in total. The smallest absolute Gasteiger partial charge is 0.408 e. The molecule has 0 saturated carbocycles. The van der Waals surface area contributed by atoms with Crippen molar-refractivity contribution in [2.24, 2.45) is 11.8 Å². The highest BCUT2D eigenvalue weighted by atomic mass is 16.6. The molecule has 5 atom stereocenters. The maximum absolute atomic E-state index is 14.0. The van der Waals surface area contributed by atoms with E-state index in [9.17, 15) is 33.9 Å². The van der Waals surface area contributed by atoms with Gasteiger partial charge in [-0.25, -0.2) is 9.59 Å². The first-order valence-electron chi connectivity index (χ1n) is 18.5. The van der Waals surface area contributed by atoms with Crippen LogP contribution in [0.25, 0.3) is 0 Å². The molecule has 0 spiro atoms. The monoisotopic (exact) mass is 751 g/mol. The first-order chi connectivity index (χ1) is 25.3. The average molecular weight is 752 g/mol. The highest BCUT2D eigenvalue weighted by molar-refractivity contribution is 5.96. The molecule has 2 aromatic carbocycles. The predicted molar refractivity (Wildman–Crippen MR) is 202 cm³/mol. The number of nitrogens with zero attached hydrogens (tertiary/aromatic N) is 1. The van der Waals surface area contributed by atoms with Gasteiger partial charge in [-0.1, -0.05) is 70.2 Å². The number of phenols is 1. The molecular formula is C40H57N5O9. The Morgan fingerprint density at radius 3 is 2.04 bits per heavy atom. The number of aromatic hydroxyl groups is 1. The van der Waals surface area contributed by atoms with Crippen LogP contribution >= 0.6 is 0 Å². The Morgan fingerprint density at radius 2 is 1.44 bits per heavy atom. The number of nitrogens with one attached hydrogen (secondary N) is 4. The molecule has 5 amide bonds. The van der Waals surface area contributed by atoms with Crippen LogP contribution in [0.2, 0.25) is 0 Å². The van der Waals surface area contributed by atoms with Gasteiger partial charge in [-0.15, -0.1) is 0 Å². The largest absolute Gasteiger partial charge is 0.508 e. The first-order valence-corrected chi connectivity index (χ1v) is 18.5. The quantitative estimate of drug-likeness (QED) is 0.159. The predicted octanol–water partition coefficient (Wildman–Crippen LogP) is 3.74. The third kappa shape index (κ3) is 13.7. The van der Waals surface area contributed by atoms with E-state index in [2.05, 4.69) is 21.3 Å². The number of amides is 5. The molecule has 14 nitrogen and oxygen atoms in total. The number of alkyl carbamates (subject to hydrolysis) is 1. The van der Waals surface area contributed by atoms with Gasteiger partial charge in [0.2, 0.25) is 23.6 Å². The average Bonchev–Trinajstić information content (AvgIpc) is 3.59. The molecule has 14 heteroatoms. The molecule has 0 unspecified atom stereocenters. The normalized spacial score (nSPS) is 16.5. The molecule has 2 aromatic rings. The van der Waals surface area contributed by atoms with Gasteiger partial charge >= 0.3 is 12.1 Å². The maximum Gasteiger partial charge on any atom is 0.408 e. The number of carbonyl (C=O) groups excluding carboxylic acids is 6. The summed E-state index contributed by atoms with van der Waals surface area (Å²) in [5, 5.41) is 20.7. The molecule has 296 valence electrons. The number of esters is 1. The lowest BCUT2D eigenvalue weighted by molar-refractivity contribution is -0.150. The van der Waals surface area contributed by atoms with Crippen LogP contribution in [0.15, 0.2) is 54.6 Å². The van der Waals surface area contributed by atoms with Crippen molar-refractivity contribution in [3.05, 3.63) is 65.7 Å². The summed E-state index contributed by atoms with van der Waals surface area (Å²) in [7, 11) is 0. The molecule has 54 heavy (non-hydrogen) atoms. The molecule has 1 heterocycles. The van der Waals surface area contributed by atoms with Gasteiger partial charge in [0.1, 0.15) is 48.2 Å². The van der Waals surface area contributed by atoms with E-state index in [0.717, 1.165) is 5.56 Å². The van der Waals surface area contributed by atoms with E-state index in [0.29, 0.717) is 18.4 Å². The third-order valence-electron chi connectivity index (χ3n) is 8.73. The van der Waals surface area contributed by atoms with Crippen molar-refractivity contribution in [2.75, 3.05) is 6.54 Å². The summed E-state index contributed by atoms with van der Waals surface area (Å²) < 4.78 is 10.8. The fourth-order valence-electron chi connectivity index (χ4n) is 5.99. The van der Waals surface area contributed by atoms with E-state index >= 15 is 0 Å². The number of carbonyl (C=O) groups is 6. The van der Waals surface area contributed by atoms with Gasteiger partial charge in [0.05, 0.1) is 0 Å². The number of likely N-dealkylation sites (tertiary alicyclic amines) is 1. The van der Waals surface area contributed by atoms with Crippen LogP contribution in [-0.4, -0.2) is 88.1 Å². The van der Waals surface area contributed by atoms with Gasteiger partial charge in [-0.3, -0.25) is 19.2 Å². The molecule has 1 aliphatic rings. The van der Waals surface area contributed by atoms with Gasteiger partial charge in [0.25, 0.3) is 0 Å². The van der Waals surface area contributed by atoms with E-state index in [-0.39, 0.29) is 43.6 Å². The number of hydrogen-bond acceptors (Lipinski definition) is 9. The molecule has 0 radical (unpaired) electrons. The van der Waals surface area contributed by atoms with E-state index in [1.807, 2.05) is 44.2 Å². The molecule has 1 fully saturated rings. The van der Waals surface area contributed by atoms with E-state index in [1.165, 1.54) is 24.0 Å². The van der Waals surface area contributed by atoms with Crippen LogP contribution in [0.1, 0.15) is 85.8 Å². The zero-order valence-corrected chi connectivity index (χ0v) is 32.6. The minimum Gasteiger partial charge on any atom is -0.508 e. The Labute approximate surface area is 318 Å². The lowest BCUT2D eigenvalue weighted by atomic mass is 9.99. The summed E-state index contributed by atoms with van der Waals surface area (Å²) in [6.07, 6.45) is 0.381. The summed E-state index contributed by atoms with van der Waals surface area (Å²) in [4.78, 5) is 81.9. The number of rotatable bonds is 16. The third-order valence-corrected chi connectivity index (χ3v) is 8.73. The Bertz CT molecular complexity index is 1590. The molecule has 3 rings (SSSR count). The van der Waals surface area contributed by atoms with Crippen LogP contribution in [0.4, 0.5) is 4.79 Å². The molecule has 1 aliphatic heterocycles. The summed E-state index contributed by atoms with van der Waals surface area (Å²) in [6, 6.07) is 10.2. The van der Waals surface area contributed by atoms with Crippen molar-refractivity contribution in [1.82, 2.24) is 26.2 Å². The lowest BCUT2D eigenvalue weighted by Crippen LogP contribution is -2.59. The van der Waals surface area contributed by atoms with Gasteiger partial charge in [0.15, 0.2) is 0 Å². The van der Waals surface area contributed by atoms with Crippen molar-refractivity contribution in [1.29, 1.82) is 0 Å². The Morgan fingerprint density at radius 1 is 0.815 bits per heavy atom. The summed E-state index contributed by atoms with van der Waals surface area (Å²) >= 11 is 0. The Kier molecular flexibility index (Phi) is 15.9. The molecular weight excluding hydrogens is 694 g/mol. The van der Waals surface area contributed by atoms with Crippen molar-refractivity contribution < 1.29 is 43.3 Å². The Hall–Kier alpha value is -5.14. The van der Waals surface area contributed by atoms with Crippen LogP contribution < -0.4 is 21.3 Å². The van der Waals surface area contributed by atoms with Crippen molar-refractivity contribution in [3.63, 3.8) is 0 Å². The molecule has 1 saturated heterocycles. The summed E-state index contributed by atoms with van der Waals surface area (Å²) in [6.45, 7) is 14.2. The fourth-order valence-corrected chi connectivity index (χ4v) is 5.99. The summed E-state index contributed by atoms with van der Waals surface area (Å²) in [5.74, 6) is -3.27. The highest BCUT2D eigenvalue weighted by Crippen LogP contribution is 2.20. The van der Waals surface area contributed by atoms with Gasteiger partial charge in [-0.05, 0) is 82.1 Å². The number of benzene rings is 2. The Balaban J connectivity index is 1.77. The second-order valence-corrected chi connectivity index (χ2v) is 15.5. The minimum absolute atomic E-state index is 0.0114. The van der Waals surface area contributed by atoms with Gasteiger partial charge < -0.3 is 40.7 Å². The van der Waals surface area contributed by atoms with Crippen molar-refractivity contribution in [2.45, 2.75) is 123 Å². The number of phenolic OH excluding ortho intramolecular Hbond substituents is 1. The number of hydrogen-bond donors (Lipinski definition) is 5. The zero-order chi connectivity index (χ0) is 40.2. The zero-order valence-electron chi connectivity index (χ0n) is 32.6. The number of ether oxygens (including phenoxy) is 2. The van der Waals surface area contributed by atoms with Gasteiger partial charge in [-0.2, -0.15) is 0 Å². The van der Waals surface area contributed by atoms with Crippen LogP contribution in [-0.2, 0) is 46.5 Å². The first kappa shape index (κ1) is 43.3. The minimum atomic E-state index is -1.18. The molecule has 0 aliphatic carbocycles. The SMILES string of the molecule is CC(C)C[C@H](NC(=O)[C@@H]1CCCN1C(=O)[C@H](C)NC(=O)OC(C)(C)C)C(=O)N[C@@H](Cc1ccc(O)cc1)C(=O)N[C@H](C(=O)OCc1ccccc1)C(C)C. The fraction of sp³-hybridized carbons (Fsp3) is 0.550. The standard InChI is InChI=1S/C40H57N5O9/c1-24(2)21-30(43-36(49)32-15-12-20-45(32)37(50)26(5)41-39(52)54-40(6,7)8)34(47)42-31(22-27-16-18-29(46)19-17-27)35(48)44-33(25(3)4)38(51)53-23-28-13-10-9-11-14-28/h9-11,13-14,16-19,24-26,30-33,46H,12,15,20-23H2,1-8H3,(H,41,52)(H,42,47)(H,43,49)(H,44,48)/t26-,30-,31-,32-,33-/m0/s1. The van der Waals surface area contributed by atoms with E-state index < -0.39 is 71.5 Å². The van der Waals surface area contributed by atoms with E-state index in [1.54, 1.807) is 46.8 Å². The second-order valence-electron chi connectivity index (χ2n) is 15.5. The highest BCUT2D eigenvalue weighted by Gasteiger charge is 2.39. The van der Waals surface area contributed by atoms with Gasteiger partial charge in [0, 0.05) is 13.0 Å². The van der Waals surface area contributed by atoms with Crippen molar-refractivity contribution >= 4 is 35.7 Å². The van der Waals surface area contributed by atoms with Crippen LogP contribution in [0, 0.1) is 11.8 Å². The molecule has 0 aromatic heterocycles.